The van der Waals surface area contributed by atoms with E-state index in [4.69, 9.17) is 0 Å². The zero-order valence-corrected chi connectivity index (χ0v) is 17.0. The highest BCUT2D eigenvalue weighted by molar-refractivity contribution is 5.85. The van der Waals surface area contributed by atoms with Crippen LogP contribution in [0, 0.1) is 17.8 Å². The number of nitrogens with one attached hydrogen (secondary N) is 2. The summed E-state index contributed by atoms with van der Waals surface area (Å²) >= 11 is 0. The van der Waals surface area contributed by atoms with Crippen LogP contribution in [0.15, 0.2) is 0 Å². The highest BCUT2D eigenvalue weighted by Crippen LogP contribution is 2.22. The molecule has 0 aromatic carbocycles. The number of carbonyl (C=O) groups is 1. The zero-order valence-electron chi connectivity index (χ0n) is 15.4. The molecule has 0 aromatic rings. The monoisotopic (exact) mass is 381 g/mol. The minimum Gasteiger partial charge on any atom is -0.356 e. The Balaban J connectivity index is 0.00000264. The van der Waals surface area contributed by atoms with Gasteiger partial charge in [-0.15, -0.1) is 24.8 Å². The lowest BCUT2D eigenvalue weighted by Gasteiger charge is -2.32. The van der Waals surface area contributed by atoms with Crippen molar-refractivity contribution in [2.24, 2.45) is 17.8 Å². The Labute approximate surface area is 160 Å². The first-order valence-corrected chi connectivity index (χ1v) is 9.38. The van der Waals surface area contributed by atoms with Crippen molar-refractivity contribution in [3.8, 4) is 0 Å². The first kappa shape index (κ1) is 24.0. The molecule has 2 rings (SSSR count). The molecular formula is C18H37Cl2N3O. The van der Waals surface area contributed by atoms with Crippen LogP contribution in [0.3, 0.4) is 0 Å². The lowest BCUT2D eigenvalue weighted by atomic mass is 9.85. The molecule has 24 heavy (non-hydrogen) atoms. The number of piperidine rings is 2. The Morgan fingerprint density at radius 3 is 2.54 bits per heavy atom. The number of hydrogen-bond acceptors (Lipinski definition) is 3. The van der Waals surface area contributed by atoms with E-state index in [0.29, 0.717) is 24.2 Å². The fourth-order valence-electron chi connectivity index (χ4n) is 3.88. The van der Waals surface area contributed by atoms with Crippen molar-refractivity contribution in [3.63, 3.8) is 0 Å². The quantitative estimate of drug-likeness (QED) is 0.711. The van der Waals surface area contributed by atoms with E-state index in [1.807, 2.05) is 0 Å². The summed E-state index contributed by atoms with van der Waals surface area (Å²) in [6.07, 6.45) is 6.95. The summed E-state index contributed by atoms with van der Waals surface area (Å²) in [5.74, 6) is 2.12. The average molecular weight is 382 g/mol. The number of rotatable bonds is 7. The molecule has 2 unspecified atom stereocenters. The van der Waals surface area contributed by atoms with E-state index < -0.39 is 0 Å². The topological polar surface area (TPSA) is 44.4 Å². The molecule has 2 saturated heterocycles. The van der Waals surface area contributed by atoms with E-state index in [2.05, 4.69) is 29.4 Å². The summed E-state index contributed by atoms with van der Waals surface area (Å²) in [4.78, 5) is 14.7. The second-order valence-corrected chi connectivity index (χ2v) is 7.38. The SMILES string of the molecule is CCCN1CCC(CNC(=O)CC(C)C2CCCNC2)CC1.Cl.Cl. The lowest BCUT2D eigenvalue weighted by molar-refractivity contribution is -0.122. The molecule has 0 spiro atoms. The van der Waals surface area contributed by atoms with Gasteiger partial charge in [-0.05, 0) is 82.6 Å². The smallest absolute Gasteiger partial charge is 0.220 e. The molecule has 2 aliphatic heterocycles. The Hall–Kier alpha value is -0.0300. The average Bonchev–Trinajstić information content (AvgIpc) is 2.55. The molecule has 2 aliphatic rings. The maximum absolute atomic E-state index is 12.2. The van der Waals surface area contributed by atoms with Gasteiger partial charge in [-0.2, -0.15) is 0 Å². The van der Waals surface area contributed by atoms with Gasteiger partial charge in [0.2, 0.25) is 5.91 Å². The van der Waals surface area contributed by atoms with Gasteiger partial charge in [0.15, 0.2) is 0 Å². The van der Waals surface area contributed by atoms with E-state index in [1.165, 1.54) is 51.7 Å². The van der Waals surface area contributed by atoms with Gasteiger partial charge in [-0.1, -0.05) is 13.8 Å². The number of hydrogen-bond donors (Lipinski definition) is 2. The normalized spacial score (nSPS) is 23.7. The van der Waals surface area contributed by atoms with Crippen LogP contribution < -0.4 is 10.6 Å². The molecule has 2 atom stereocenters. The number of nitrogens with zero attached hydrogens (tertiary/aromatic N) is 1. The summed E-state index contributed by atoms with van der Waals surface area (Å²) in [5.41, 5.74) is 0. The molecule has 1 amide bonds. The minimum atomic E-state index is 0. The lowest BCUT2D eigenvalue weighted by Crippen LogP contribution is -2.40. The van der Waals surface area contributed by atoms with Gasteiger partial charge in [-0.3, -0.25) is 4.79 Å². The van der Waals surface area contributed by atoms with Gasteiger partial charge < -0.3 is 15.5 Å². The van der Waals surface area contributed by atoms with Crippen LogP contribution in [0.5, 0.6) is 0 Å². The number of carbonyl (C=O) groups excluding carboxylic acids is 1. The van der Waals surface area contributed by atoms with Crippen LogP contribution in [0.25, 0.3) is 0 Å². The van der Waals surface area contributed by atoms with Crippen molar-refractivity contribution in [2.75, 3.05) is 39.3 Å². The van der Waals surface area contributed by atoms with E-state index in [0.717, 1.165) is 19.6 Å². The van der Waals surface area contributed by atoms with Crippen molar-refractivity contribution in [1.29, 1.82) is 0 Å². The number of likely N-dealkylation sites (tertiary alicyclic amines) is 1. The molecular weight excluding hydrogens is 345 g/mol. The van der Waals surface area contributed by atoms with E-state index in [1.54, 1.807) is 0 Å². The van der Waals surface area contributed by atoms with Gasteiger partial charge >= 0.3 is 0 Å². The Morgan fingerprint density at radius 2 is 1.96 bits per heavy atom. The maximum atomic E-state index is 12.2. The predicted molar refractivity (Wildman–Crippen MR) is 106 cm³/mol. The fraction of sp³-hybridized carbons (Fsp3) is 0.944. The third-order valence-electron chi connectivity index (χ3n) is 5.48. The van der Waals surface area contributed by atoms with Crippen molar-refractivity contribution < 1.29 is 4.79 Å². The van der Waals surface area contributed by atoms with Crippen LogP contribution >= 0.6 is 24.8 Å². The summed E-state index contributed by atoms with van der Waals surface area (Å²) in [6, 6.07) is 0. The van der Waals surface area contributed by atoms with E-state index in [-0.39, 0.29) is 30.7 Å². The van der Waals surface area contributed by atoms with Gasteiger partial charge in [-0.25, -0.2) is 0 Å². The van der Waals surface area contributed by atoms with Crippen LogP contribution in [-0.4, -0.2) is 50.1 Å². The summed E-state index contributed by atoms with van der Waals surface area (Å²) < 4.78 is 0. The molecule has 0 aliphatic carbocycles. The van der Waals surface area contributed by atoms with Crippen LogP contribution in [-0.2, 0) is 4.79 Å². The standard InChI is InChI=1S/C18H35N3O.2ClH/c1-3-9-21-10-6-16(7-11-21)13-20-18(22)12-15(2)17-5-4-8-19-14-17;;/h15-17,19H,3-14H2,1-2H3,(H,20,22);2*1H. The van der Waals surface area contributed by atoms with E-state index in [9.17, 15) is 4.79 Å². The fourth-order valence-corrected chi connectivity index (χ4v) is 3.88. The summed E-state index contributed by atoms with van der Waals surface area (Å²) in [7, 11) is 0. The molecule has 6 heteroatoms. The maximum Gasteiger partial charge on any atom is 0.220 e. The Morgan fingerprint density at radius 1 is 1.25 bits per heavy atom. The third-order valence-corrected chi connectivity index (χ3v) is 5.48. The summed E-state index contributed by atoms with van der Waals surface area (Å²) in [6.45, 7) is 11.2. The van der Waals surface area contributed by atoms with Crippen LogP contribution in [0.4, 0.5) is 0 Å². The second kappa shape index (κ2) is 13.2. The molecule has 0 bridgehead atoms. The van der Waals surface area contributed by atoms with Crippen molar-refractivity contribution in [2.45, 2.75) is 52.4 Å². The Kier molecular flexibility index (Phi) is 13.2. The summed E-state index contributed by atoms with van der Waals surface area (Å²) in [5, 5.41) is 6.64. The largest absolute Gasteiger partial charge is 0.356 e. The van der Waals surface area contributed by atoms with Crippen molar-refractivity contribution in [1.82, 2.24) is 15.5 Å². The number of amides is 1. The van der Waals surface area contributed by atoms with Gasteiger partial charge in [0.05, 0.1) is 0 Å². The molecule has 0 radical (unpaired) electrons. The minimum absolute atomic E-state index is 0. The highest BCUT2D eigenvalue weighted by Gasteiger charge is 2.23. The molecule has 2 fully saturated rings. The molecule has 0 aromatic heterocycles. The van der Waals surface area contributed by atoms with Gasteiger partial charge in [0.1, 0.15) is 0 Å². The van der Waals surface area contributed by atoms with Crippen molar-refractivity contribution >= 4 is 30.7 Å². The molecule has 4 nitrogen and oxygen atoms in total. The first-order chi connectivity index (χ1) is 10.7. The van der Waals surface area contributed by atoms with Crippen LogP contribution in [0.2, 0.25) is 0 Å². The van der Waals surface area contributed by atoms with Crippen LogP contribution in [0.1, 0.15) is 52.4 Å². The molecule has 2 heterocycles. The predicted octanol–water partition coefficient (Wildman–Crippen LogP) is 3.09. The molecule has 144 valence electrons. The van der Waals surface area contributed by atoms with Gasteiger partial charge in [0, 0.05) is 13.0 Å². The van der Waals surface area contributed by atoms with Crippen molar-refractivity contribution in [3.05, 3.63) is 0 Å². The highest BCUT2D eigenvalue weighted by atomic mass is 35.5. The second-order valence-electron chi connectivity index (χ2n) is 7.38. The third kappa shape index (κ3) is 8.37. The zero-order chi connectivity index (χ0) is 15.8. The Bertz CT molecular complexity index is 330. The van der Waals surface area contributed by atoms with Gasteiger partial charge in [0.25, 0.3) is 0 Å². The molecule has 2 N–H and O–H groups in total. The van der Waals surface area contributed by atoms with E-state index >= 15 is 0 Å². The first-order valence-electron chi connectivity index (χ1n) is 9.38. The molecule has 0 saturated carbocycles. The number of halogens is 2.